The second kappa shape index (κ2) is 8.92. The zero-order chi connectivity index (χ0) is 19.9. The van der Waals surface area contributed by atoms with E-state index in [0.717, 1.165) is 12.3 Å². The van der Waals surface area contributed by atoms with Gasteiger partial charge in [0.15, 0.2) is 5.75 Å². The van der Waals surface area contributed by atoms with E-state index < -0.39 is 17.6 Å². The molecule has 1 aromatic heterocycles. The van der Waals surface area contributed by atoms with Gasteiger partial charge in [-0.3, -0.25) is 0 Å². The SMILES string of the molecule is CCOc1cnc(OC/C(=C/Nc2ccc(F)c(C(F)(F)F)c2)N=N)nc1. The van der Waals surface area contributed by atoms with Crippen LogP contribution in [-0.4, -0.2) is 23.2 Å². The van der Waals surface area contributed by atoms with Crippen molar-refractivity contribution in [3.8, 4) is 11.8 Å². The number of hydrogen-bond acceptors (Lipinski definition) is 7. The van der Waals surface area contributed by atoms with Crippen molar-refractivity contribution in [2.24, 2.45) is 5.11 Å². The molecule has 2 rings (SSSR count). The highest BCUT2D eigenvalue weighted by molar-refractivity contribution is 5.49. The standard InChI is InChI=1S/C16H15F4N5O2/c1-2-26-12-7-23-15(24-8-12)27-9-11(25-21)6-22-10-3-4-14(17)13(5-10)16(18,19)20/h3-8,21-22H,2,9H2,1H3/b11-6-,25-21?. The Morgan fingerprint density at radius 1 is 1.26 bits per heavy atom. The van der Waals surface area contributed by atoms with Crippen LogP contribution < -0.4 is 14.8 Å². The minimum absolute atomic E-state index is 0.00847. The molecule has 0 unspecified atom stereocenters. The van der Waals surface area contributed by atoms with E-state index in [-0.39, 0.29) is 24.0 Å². The first-order chi connectivity index (χ1) is 12.8. The number of aromatic nitrogens is 2. The molecule has 2 aromatic rings. The number of anilines is 1. The number of benzene rings is 1. The second-order valence-corrected chi connectivity index (χ2v) is 5.01. The van der Waals surface area contributed by atoms with Crippen LogP contribution in [0.3, 0.4) is 0 Å². The minimum atomic E-state index is -4.82. The molecule has 2 N–H and O–H groups in total. The van der Waals surface area contributed by atoms with E-state index in [0.29, 0.717) is 24.5 Å². The van der Waals surface area contributed by atoms with E-state index in [1.807, 2.05) is 6.92 Å². The van der Waals surface area contributed by atoms with Gasteiger partial charge < -0.3 is 14.8 Å². The summed E-state index contributed by atoms with van der Waals surface area (Å²) in [4.78, 5) is 7.79. The number of alkyl halides is 3. The largest absolute Gasteiger partial charge is 0.491 e. The van der Waals surface area contributed by atoms with Crippen LogP contribution >= 0.6 is 0 Å². The molecule has 144 valence electrons. The molecule has 0 aliphatic carbocycles. The fourth-order valence-corrected chi connectivity index (χ4v) is 1.86. The maximum atomic E-state index is 13.3. The maximum Gasteiger partial charge on any atom is 0.419 e. The highest BCUT2D eigenvalue weighted by atomic mass is 19.4. The summed E-state index contributed by atoms with van der Waals surface area (Å²) >= 11 is 0. The smallest absolute Gasteiger partial charge is 0.419 e. The van der Waals surface area contributed by atoms with Crippen LogP contribution in [0, 0.1) is 11.3 Å². The van der Waals surface area contributed by atoms with Crippen LogP contribution in [0.25, 0.3) is 0 Å². The molecule has 0 saturated heterocycles. The fourth-order valence-electron chi connectivity index (χ4n) is 1.86. The normalized spacial score (nSPS) is 11.8. The second-order valence-electron chi connectivity index (χ2n) is 5.01. The van der Waals surface area contributed by atoms with E-state index in [1.54, 1.807) is 0 Å². The van der Waals surface area contributed by atoms with Crippen LogP contribution in [0.5, 0.6) is 11.8 Å². The minimum Gasteiger partial charge on any atom is -0.491 e. The number of ether oxygens (including phenoxy) is 2. The van der Waals surface area contributed by atoms with Crippen molar-refractivity contribution in [3.63, 3.8) is 0 Å². The van der Waals surface area contributed by atoms with Crippen LogP contribution in [0.2, 0.25) is 0 Å². The third-order valence-corrected chi connectivity index (χ3v) is 3.09. The number of nitrogens with one attached hydrogen (secondary N) is 2. The Bertz CT molecular complexity index is 809. The monoisotopic (exact) mass is 385 g/mol. The topological polar surface area (TPSA) is 92.5 Å². The van der Waals surface area contributed by atoms with Crippen LogP contribution in [-0.2, 0) is 6.18 Å². The molecule has 7 nitrogen and oxygen atoms in total. The molecule has 1 heterocycles. The third-order valence-electron chi connectivity index (χ3n) is 3.09. The van der Waals surface area contributed by atoms with Gasteiger partial charge in [0.05, 0.1) is 24.6 Å². The lowest BCUT2D eigenvalue weighted by molar-refractivity contribution is -0.139. The van der Waals surface area contributed by atoms with Gasteiger partial charge in [-0.05, 0) is 25.1 Å². The molecule has 0 bridgehead atoms. The number of halogens is 4. The van der Waals surface area contributed by atoms with Crippen molar-refractivity contribution < 1.29 is 27.0 Å². The summed E-state index contributed by atoms with van der Waals surface area (Å²) in [5.74, 6) is -0.914. The van der Waals surface area contributed by atoms with Gasteiger partial charge in [-0.1, -0.05) is 0 Å². The van der Waals surface area contributed by atoms with Crippen LogP contribution in [0.4, 0.5) is 23.2 Å². The summed E-state index contributed by atoms with van der Waals surface area (Å²) < 4.78 is 61.8. The van der Waals surface area contributed by atoms with E-state index in [4.69, 9.17) is 15.0 Å². The Balaban J connectivity index is 2.01. The highest BCUT2D eigenvalue weighted by Gasteiger charge is 2.34. The average Bonchev–Trinajstić information content (AvgIpc) is 2.63. The van der Waals surface area contributed by atoms with Crippen molar-refractivity contribution in [2.75, 3.05) is 18.5 Å². The number of nitrogens with zero attached hydrogens (tertiary/aromatic N) is 3. The quantitative estimate of drug-likeness (QED) is 0.519. The Kier molecular flexibility index (Phi) is 6.63. The van der Waals surface area contributed by atoms with Gasteiger partial charge in [0.1, 0.15) is 18.1 Å². The zero-order valence-electron chi connectivity index (χ0n) is 14.0. The lowest BCUT2D eigenvalue weighted by atomic mass is 10.2. The highest BCUT2D eigenvalue weighted by Crippen LogP contribution is 2.33. The first-order valence-electron chi connectivity index (χ1n) is 7.61. The molecule has 0 saturated carbocycles. The summed E-state index contributed by atoms with van der Waals surface area (Å²) in [5.41, 5.74) is 5.71. The molecule has 11 heteroatoms. The predicted octanol–water partition coefficient (Wildman–Crippen LogP) is 4.40. The van der Waals surface area contributed by atoms with Crippen molar-refractivity contribution in [2.45, 2.75) is 13.1 Å². The van der Waals surface area contributed by atoms with Gasteiger partial charge in [-0.15, -0.1) is 0 Å². The van der Waals surface area contributed by atoms with Gasteiger partial charge in [-0.25, -0.2) is 9.92 Å². The molecule has 0 atom stereocenters. The molecule has 0 amide bonds. The third kappa shape index (κ3) is 5.90. The van der Waals surface area contributed by atoms with Crippen molar-refractivity contribution in [1.29, 1.82) is 5.53 Å². The lowest BCUT2D eigenvalue weighted by Crippen LogP contribution is -2.09. The Morgan fingerprint density at radius 2 is 1.96 bits per heavy atom. The summed E-state index contributed by atoms with van der Waals surface area (Å²) in [6.07, 6.45) is -0.845. The van der Waals surface area contributed by atoms with Gasteiger partial charge >= 0.3 is 12.2 Å². The molecule has 0 aliphatic heterocycles. The molecular weight excluding hydrogens is 370 g/mol. The van der Waals surface area contributed by atoms with Gasteiger partial charge in [-0.2, -0.15) is 28.3 Å². The fraction of sp³-hybridized carbons (Fsp3) is 0.250. The molecule has 0 aliphatic rings. The van der Waals surface area contributed by atoms with E-state index in [2.05, 4.69) is 20.4 Å². The lowest BCUT2D eigenvalue weighted by Gasteiger charge is -2.10. The number of hydrogen-bond donors (Lipinski definition) is 2. The van der Waals surface area contributed by atoms with Crippen LogP contribution in [0.15, 0.2) is 47.6 Å². The Hall–Kier alpha value is -3.24. The molecule has 1 aromatic carbocycles. The summed E-state index contributed by atoms with van der Waals surface area (Å²) in [7, 11) is 0. The van der Waals surface area contributed by atoms with Crippen molar-refractivity contribution in [1.82, 2.24) is 9.97 Å². The van der Waals surface area contributed by atoms with E-state index >= 15 is 0 Å². The average molecular weight is 385 g/mol. The van der Waals surface area contributed by atoms with E-state index in [9.17, 15) is 17.6 Å². The zero-order valence-corrected chi connectivity index (χ0v) is 14.0. The first kappa shape index (κ1) is 20.1. The van der Waals surface area contributed by atoms with Crippen molar-refractivity contribution in [3.05, 3.63) is 53.9 Å². The molecule has 0 fully saturated rings. The predicted molar refractivity (Wildman–Crippen MR) is 87.0 cm³/mol. The summed E-state index contributed by atoms with van der Waals surface area (Å²) in [5, 5.41) is 5.72. The molecular formula is C16H15F4N5O2. The Labute approximate surface area is 151 Å². The van der Waals surface area contributed by atoms with Crippen molar-refractivity contribution >= 4 is 5.69 Å². The number of rotatable bonds is 8. The maximum absolute atomic E-state index is 13.3. The summed E-state index contributed by atoms with van der Waals surface area (Å²) in [6.45, 7) is 2.06. The molecule has 0 radical (unpaired) electrons. The Morgan fingerprint density at radius 3 is 2.56 bits per heavy atom. The molecule has 27 heavy (non-hydrogen) atoms. The first-order valence-corrected chi connectivity index (χ1v) is 7.61. The summed E-state index contributed by atoms with van der Waals surface area (Å²) in [6, 6.07) is 2.44. The van der Waals surface area contributed by atoms with Crippen LogP contribution in [0.1, 0.15) is 12.5 Å². The van der Waals surface area contributed by atoms with Gasteiger partial charge in [0.25, 0.3) is 0 Å². The van der Waals surface area contributed by atoms with E-state index in [1.165, 1.54) is 12.4 Å². The molecule has 0 spiro atoms. The van der Waals surface area contributed by atoms with Gasteiger partial charge in [0.2, 0.25) is 0 Å². The van der Waals surface area contributed by atoms with Gasteiger partial charge in [0, 0.05) is 11.9 Å².